The average Bonchev–Trinajstić information content (AvgIpc) is 2.54. The van der Waals surface area contributed by atoms with E-state index in [0.29, 0.717) is 6.42 Å². The molecule has 1 amide bonds. The van der Waals surface area contributed by atoms with Crippen molar-refractivity contribution in [2.75, 3.05) is 7.05 Å². The summed E-state index contributed by atoms with van der Waals surface area (Å²) in [5, 5.41) is 2.58. The summed E-state index contributed by atoms with van der Waals surface area (Å²) in [6, 6.07) is 5.61. The first-order chi connectivity index (χ1) is 7.61. The first kappa shape index (κ1) is 11.3. The first-order valence-corrected chi connectivity index (χ1v) is 6.04. The van der Waals surface area contributed by atoms with Crippen LogP contribution in [0.3, 0.4) is 0 Å². The number of hydrogen-bond donors (Lipinski definition) is 1. The zero-order valence-corrected chi connectivity index (χ0v) is 10.5. The summed E-state index contributed by atoms with van der Waals surface area (Å²) < 4.78 is 0. The Morgan fingerprint density at radius 1 is 1.56 bits per heavy atom. The third-order valence-corrected chi connectivity index (χ3v) is 3.50. The lowest BCUT2D eigenvalue weighted by Crippen LogP contribution is -2.19. The molecule has 0 saturated carbocycles. The van der Waals surface area contributed by atoms with Crippen molar-refractivity contribution in [1.82, 2.24) is 5.32 Å². The van der Waals surface area contributed by atoms with Gasteiger partial charge in [-0.2, -0.15) is 0 Å². The molecule has 1 aliphatic rings. The summed E-state index contributed by atoms with van der Waals surface area (Å²) in [4.78, 5) is 22.8. The molecular formula is C12H12BrNO2. The zero-order chi connectivity index (χ0) is 11.7. The van der Waals surface area contributed by atoms with Crippen LogP contribution < -0.4 is 5.32 Å². The molecule has 1 aromatic carbocycles. The highest BCUT2D eigenvalue weighted by Gasteiger charge is 2.28. The molecule has 0 fully saturated rings. The van der Waals surface area contributed by atoms with Gasteiger partial charge >= 0.3 is 0 Å². The van der Waals surface area contributed by atoms with Crippen molar-refractivity contribution < 1.29 is 9.59 Å². The van der Waals surface area contributed by atoms with Crippen LogP contribution >= 0.6 is 15.9 Å². The Hall–Kier alpha value is -1.16. The van der Waals surface area contributed by atoms with Crippen molar-refractivity contribution in [3.63, 3.8) is 0 Å². The zero-order valence-electron chi connectivity index (χ0n) is 8.92. The van der Waals surface area contributed by atoms with Gasteiger partial charge in [0, 0.05) is 12.6 Å². The van der Waals surface area contributed by atoms with Gasteiger partial charge in [0.2, 0.25) is 5.91 Å². The van der Waals surface area contributed by atoms with Gasteiger partial charge in [-0.25, -0.2) is 0 Å². The molecule has 4 heteroatoms. The summed E-state index contributed by atoms with van der Waals surface area (Å²) in [6.45, 7) is 0. The van der Waals surface area contributed by atoms with E-state index in [1.807, 2.05) is 18.2 Å². The van der Waals surface area contributed by atoms with Crippen molar-refractivity contribution in [2.24, 2.45) is 0 Å². The lowest BCUT2D eigenvalue weighted by molar-refractivity contribution is -0.119. The minimum absolute atomic E-state index is 0.0142. The maximum Gasteiger partial charge on any atom is 0.224 e. The molecule has 1 aromatic rings. The molecule has 1 atom stereocenters. The van der Waals surface area contributed by atoms with E-state index in [9.17, 15) is 9.59 Å². The van der Waals surface area contributed by atoms with E-state index in [0.717, 1.165) is 23.1 Å². The second kappa shape index (κ2) is 4.37. The van der Waals surface area contributed by atoms with Crippen LogP contribution in [0.25, 0.3) is 0 Å². The highest BCUT2D eigenvalue weighted by Crippen LogP contribution is 2.27. The van der Waals surface area contributed by atoms with Crippen molar-refractivity contribution in [1.29, 1.82) is 0 Å². The van der Waals surface area contributed by atoms with E-state index < -0.39 is 0 Å². The predicted octanol–water partition coefficient (Wildman–Crippen LogP) is 1.48. The first-order valence-electron chi connectivity index (χ1n) is 5.12. The third-order valence-electron chi connectivity index (χ3n) is 2.76. The lowest BCUT2D eigenvalue weighted by atomic mass is 10.0. The highest BCUT2D eigenvalue weighted by atomic mass is 79.9. The van der Waals surface area contributed by atoms with Gasteiger partial charge in [0.25, 0.3) is 0 Å². The van der Waals surface area contributed by atoms with Gasteiger partial charge < -0.3 is 5.32 Å². The number of carbonyl (C=O) groups excluding carboxylic acids is 2. The SMILES string of the molecule is CNC(=O)Cc1ccc2c(c1)CC(Br)C2=O. The molecule has 0 aliphatic heterocycles. The van der Waals surface area contributed by atoms with Gasteiger partial charge in [-0.3, -0.25) is 9.59 Å². The lowest BCUT2D eigenvalue weighted by Gasteiger charge is -2.03. The van der Waals surface area contributed by atoms with E-state index in [-0.39, 0.29) is 16.5 Å². The van der Waals surface area contributed by atoms with Crippen LogP contribution in [0, 0.1) is 0 Å². The fourth-order valence-electron chi connectivity index (χ4n) is 1.89. The molecular weight excluding hydrogens is 270 g/mol. The highest BCUT2D eigenvalue weighted by molar-refractivity contribution is 9.10. The number of nitrogens with one attached hydrogen (secondary N) is 1. The van der Waals surface area contributed by atoms with Crippen LogP contribution in [0.15, 0.2) is 18.2 Å². The summed E-state index contributed by atoms with van der Waals surface area (Å²) in [7, 11) is 1.62. The number of Topliss-reactive ketones (excluding diaryl/α,β-unsaturated/α-hetero) is 1. The fraction of sp³-hybridized carbons (Fsp3) is 0.333. The van der Waals surface area contributed by atoms with Gasteiger partial charge in [-0.1, -0.05) is 34.1 Å². The molecule has 16 heavy (non-hydrogen) atoms. The molecule has 1 unspecified atom stereocenters. The van der Waals surface area contributed by atoms with Crippen molar-refractivity contribution in [2.45, 2.75) is 17.7 Å². The molecule has 84 valence electrons. The van der Waals surface area contributed by atoms with Crippen LogP contribution in [0.1, 0.15) is 21.5 Å². The summed E-state index contributed by atoms with van der Waals surface area (Å²) in [5.74, 6) is 0.126. The van der Waals surface area contributed by atoms with Crippen molar-refractivity contribution >= 4 is 27.6 Å². The minimum Gasteiger partial charge on any atom is -0.359 e. The number of fused-ring (bicyclic) bond motifs is 1. The normalized spacial score (nSPS) is 18.4. The molecule has 1 N–H and O–H groups in total. The summed E-state index contributed by atoms with van der Waals surface area (Å²) >= 11 is 3.34. The topological polar surface area (TPSA) is 46.2 Å². The van der Waals surface area contributed by atoms with Gasteiger partial charge in [0.15, 0.2) is 5.78 Å². The van der Waals surface area contributed by atoms with Gasteiger partial charge in [-0.05, 0) is 17.5 Å². The molecule has 1 aliphatic carbocycles. The number of benzene rings is 1. The second-order valence-electron chi connectivity index (χ2n) is 3.88. The van der Waals surface area contributed by atoms with Crippen LogP contribution in [-0.4, -0.2) is 23.6 Å². The number of rotatable bonds is 2. The van der Waals surface area contributed by atoms with Crippen molar-refractivity contribution in [3.05, 3.63) is 34.9 Å². The quantitative estimate of drug-likeness (QED) is 0.835. The fourth-order valence-corrected chi connectivity index (χ4v) is 2.49. The van der Waals surface area contributed by atoms with E-state index in [1.165, 1.54) is 0 Å². The number of hydrogen-bond acceptors (Lipinski definition) is 2. The van der Waals surface area contributed by atoms with E-state index in [2.05, 4.69) is 21.2 Å². The van der Waals surface area contributed by atoms with Crippen LogP contribution in [-0.2, 0) is 17.6 Å². The molecule has 0 bridgehead atoms. The molecule has 0 saturated heterocycles. The smallest absolute Gasteiger partial charge is 0.224 e. The standard InChI is InChI=1S/C12H12BrNO2/c1-14-11(15)5-7-2-3-9-8(4-7)6-10(13)12(9)16/h2-4,10H,5-6H2,1H3,(H,14,15). The number of ketones is 1. The predicted molar refractivity (Wildman–Crippen MR) is 65.0 cm³/mol. The van der Waals surface area contributed by atoms with E-state index in [1.54, 1.807) is 7.05 Å². The Bertz CT molecular complexity index is 456. The Labute approximate surface area is 102 Å². The van der Waals surface area contributed by atoms with Gasteiger partial charge in [0.05, 0.1) is 11.2 Å². The molecule has 0 spiro atoms. The number of alkyl halides is 1. The summed E-state index contributed by atoms with van der Waals surface area (Å²) in [6.07, 6.45) is 1.08. The maximum atomic E-state index is 11.7. The second-order valence-corrected chi connectivity index (χ2v) is 4.98. The molecule has 0 aromatic heterocycles. The van der Waals surface area contributed by atoms with Crippen molar-refractivity contribution in [3.8, 4) is 0 Å². The van der Waals surface area contributed by atoms with Crippen LogP contribution in [0.4, 0.5) is 0 Å². The van der Waals surface area contributed by atoms with Crippen LogP contribution in [0.2, 0.25) is 0 Å². The van der Waals surface area contributed by atoms with Gasteiger partial charge in [0.1, 0.15) is 0 Å². The number of amides is 1. The number of likely N-dealkylation sites (N-methyl/N-ethyl adjacent to an activating group) is 1. The molecule has 0 heterocycles. The largest absolute Gasteiger partial charge is 0.359 e. The van der Waals surface area contributed by atoms with Crippen LogP contribution in [0.5, 0.6) is 0 Å². The minimum atomic E-state index is -0.0993. The Morgan fingerprint density at radius 2 is 2.31 bits per heavy atom. The molecule has 0 radical (unpaired) electrons. The Morgan fingerprint density at radius 3 is 3.00 bits per heavy atom. The molecule has 3 nitrogen and oxygen atoms in total. The Balaban J connectivity index is 2.25. The monoisotopic (exact) mass is 281 g/mol. The van der Waals surface area contributed by atoms with Gasteiger partial charge in [-0.15, -0.1) is 0 Å². The van der Waals surface area contributed by atoms with E-state index >= 15 is 0 Å². The number of halogens is 1. The third kappa shape index (κ3) is 2.02. The molecule has 2 rings (SSSR count). The van der Waals surface area contributed by atoms with E-state index in [4.69, 9.17) is 0 Å². The average molecular weight is 282 g/mol. The summed E-state index contributed by atoms with van der Waals surface area (Å²) in [5.41, 5.74) is 2.77. The Kier molecular flexibility index (Phi) is 3.10. The maximum absolute atomic E-state index is 11.7. The number of carbonyl (C=O) groups is 2.